The fraction of sp³-hybridized carbons (Fsp3) is 0.579. The predicted molar refractivity (Wildman–Crippen MR) is 90.6 cm³/mol. The molecule has 0 unspecified atom stereocenters. The van der Waals surface area contributed by atoms with Crippen molar-refractivity contribution in [3.05, 3.63) is 35.4 Å². The van der Waals surface area contributed by atoms with E-state index in [-0.39, 0.29) is 43.7 Å². The van der Waals surface area contributed by atoms with E-state index in [0.29, 0.717) is 31.5 Å². The van der Waals surface area contributed by atoms with Crippen molar-refractivity contribution < 1.29 is 18.4 Å². The number of hydrogen-bond acceptors (Lipinski definition) is 2. The zero-order chi connectivity index (χ0) is 18.0. The lowest BCUT2D eigenvalue weighted by Crippen LogP contribution is -2.48. The van der Waals surface area contributed by atoms with Crippen LogP contribution >= 0.6 is 0 Å². The van der Waals surface area contributed by atoms with Crippen molar-refractivity contribution in [1.82, 2.24) is 9.80 Å². The molecule has 0 bridgehead atoms. The number of halogens is 2. The molecule has 2 saturated heterocycles. The average Bonchev–Trinajstić information content (AvgIpc) is 2.61. The van der Waals surface area contributed by atoms with Crippen LogP contribution in [0.4, 0.5) is 8.78 Å². The molecule has 6 heteroatoms. The molecule has 0 aromatic heterocycles. The Labute approximate surface area is 146 Å². The van der Waals surface area contributed by atoms with Gasteiger partial charge in [-0.25, -0.2) is 8.78 Å². The van der Waals surface area contributed by atoms with E-state index in [4.69, 9.17) is 0 Å². The number of benzene rings is 1. The Morgan fingerprint density at radius 3 is 2.08 bits per heavy atom. The first-order valence-corrected chi connectivity index (χ1v) is 8.88. The maximum Gasteiger partial charge on any atom is 0.253 e. The van der Waals surface area contributed by atoms with Crippen molar-refractivity contribution in [3.8, 4) is 0 Å². The average molecular weight is 350 g/mol. The van der Waals surface area contributed by atoms with E-state index in [9.17, 15) is 18.4 Å². The molecule has 0 atom stereocenters. The van der Waals surface area contributed by atoms with Gasteiger partial charge in [-0.1, -0.05) is 17.7 Å². The van der Waals surface area contributed by atoms with Crippen molar-refractivity contribution in [2.75, 3.05) is 26.2 Å². The summed E-state index contributed by atoms with van der Waals surface area (Å²) in [6, 6.07) is 7.47. The van der Waals surface area contributed by atoms with Gasteiger partial charge in [0.05, 0.1) is 0 Å². The molecule has 2 aliphatic heterocycles. The predicted octanol–water partition coefficient (Wildman–Crippen LogP) is 3.10. The Bertz CT molecular complexity index is 627. The molecule has 2 heterocycles. The maximum atomic E-state index is 13.2. The summed E-state index contributed by atoms with van der Waals surface area (Å²) in [7, 11) is 0. The molecule has 2 fully saturated rings. The van der Waals surface area contributed by atoms with Crippen LogP contribution in [0.5, 0.6) is 0 Å². The Balaban J connectivity index is 1.52. The molecule has 0 radical (unpaired) electrons. The van der Waals surface area contributed by atoms with Crippen LogP contribution in [-0.4, -0.2) is 53.7 Å². The van der Waals surface area contributed by atoms with Gasteiger partial charge in [0.25, 0.3) is 11.8 Å². The summed E-state index contributed by atoms with van der Waals surface area (Å²) in [4.78, 5) is 28.4. The lowest BCUT2D eigenvalue weighted by Gasteiger charge is -2.37. The van der Waals surface area contributed by atoms with Crippen molar-refractivity contribution in [2.24, 2.45) is 5.92 Å². The van der Waals surface area contributed by atoms with Crippen LogP contribution in [0.3, 0.4) is 0 Å². The van der Waals surface area contributed by atoms with E-state index in [0.717, 1.165) is 5.56 Å². The Kier molecular flexibility index (Phi) is 5.06. The van der Waals surface area contributed by atoms with Gasteiger partial charge in [0, 0.05) is 50.5 Å². The molecular formula is C19H24F2N2O2. The van der Waals surface area contributed by atoms with Gasteiger partial charge in [0.15, 0.2) is 0 Å². The molecule has 4 nitrogen and oxygen atoms in total. The molecule has 0 aliphatic carbocycles. The second-order valence-electron chi connectivity index (χ2n) is 7.11. The number of hydrogen-bond donors (Lipinski definition) is 0. The van der Waals surface area contributed by atoms with Crippen molar-refractivity contribution in [2.45, 2.75) is 38.5 Å². The third kappa shape index (κ3) is 4.17. The lowest BCUT2D eigenvalue weighted by atomic mass is 9.93. The minimum absolute atomic E-state index is 0.0106. The van der Waals surface area contributed by atoms with E-state index in [1.165, 1.54) is 0 Å². The number of aryl methyl sites for hydroxylation is 1. The molecule has 1 aromatic carbocycles. The molecule has 0 saturated carbocycles. The van der Waals surface area contributed by atoms with Gasteiger partial charge < -0.3 is 9.80 Å². The van der Waals surface area contributed by atoms with E-state index in [1.54, 1.807) is 9.80 Å². The van der Waals surface area contributed by atoms with E-state index < -0.39 is 5.92 Å². The number of rotatable bonds is 2. The SMILES string of the molecule is Cc1ccc(C(=O)N2CCC(C(=O)N3CCC(F)(F)CC3)CC2)cc1. The van der Waals surface area contributed by atoms with Gasteiger partial charge in [-0.05, 0) is 31.9 Å². The second kappa shape index (κ2) is 7.10. The highest BCUT2D eigenvalue weighted by Crippen LogP contribution is 2.30. The van der Waals surface area contributed by atoms with E-state index >= 15 is 0 Å². The number of likely N-dealkylation sites (tertiary alicyclic amines) is 2. The first-order chi connectivity index (χ1) is 11.9. The molecule has 1 aromatic rings. The molecule has 0 N–H and O–H groups in total. The number of nitrogens with zero attached hydrogens (tertiary/aromatic N) is 2. The van der Waals surface area contributed by atoms with Gasteiger partial charge in [-0.3, -0.25) is 9.59 Å². The number of piperidine rings is 2. The molecule has 25 heavy (non-hydrogen) atoms. The third-order valence-electron chi connectivity index (χ3n) is 5.24. The fourth-order valence-corrected chi connectivity index (χ4v) is 3.52. The summed E-state index contributed by atoms with van der Waals surface area (Å²) in [5, 5.41) is 0. The first-order valence-electron chi connectivity index (χ1n) is 8.88. The van der Waals surface area contributed by atoms with Crippen LogP contribution in [0.15, 0.2) is 24.3 Å². The van der Waals surface area contributed by atoms with Gasteiger partial charge in [0.2, 0.25) is 5.91 Å². The Morgan fingerprint density at radius 1 is 0.960 bits per heavy atom. The number of alkyl halides is 2. The minimum Gasteiger partial charge on any atom is -0.342 e. The summed E-state index contributed by atoms with van der Waals surface area (Å²) < 4.78 is 26.5. The quantitative estimate of drug-likeness (QED) is 0.822. The van der Waals surface area contributed by atoms with Crippen molar-refractivity contribution in [1.29, 1.82) is 0 Å². The number of amides is 2. The summed E-state index contributed by atoms with van der Waals surface area (Å²) in [5.74, 6) is -2.84. The number of carbonyl (C=O) groups is 2. The van der Waals surface area contributed by atoms with Crippen molar-refractivity contribution in [3.63, 3.8) is 0 Å². The second-order valence-corrected chi connectivity index (χ2v) is 7.11. The molecule has 2 aliphatic rings. The zero-order valence-corrected chi connectivity index (χ0v) is 14.5. The molecule has 0 spiro atoms. The summed E-state index contributed by atoms with van der Waals surface area (Å²) in [6.45, 7) is 3.31. The van der Waals surface area contributed by atoms with Gasteiger partial charge in [-0.15, -0.1) is 0 Å². The monoisotopic (exact) mass is 350 g/mol. The lowest BCUT2D eigenvalue weighted by molar-refractivity contribution is -0.142. The van der Waals surface area contributed by atoms with Gasteiger partial charge >= 0.3 is 0 Å². The highest BCUT2D eigenvalue weighted by Gasteiger charge is 2.38. The fourth-order valence-electron chi connectivity index (χ4n) is 3.52. The molecule has 136 valence electrons. The maximum absolute atomic E-state index is 13.2. The molecule has 3 rings (SSSR count). The van der Waals surface area contributed by atoms with Crippen LogP contribution in [0.1, 0.15) is 41.6 Å². The van der Waals surface area contributed by atoms with E-state index in [2.05, 4.69) is 0 Å². The summed E-state index contributed by atoms with van der Waals surface area (Å²) in [5.41, 5.74) is 1.77. The van der Waals surface area contributed by atoms with Crippen LogP contribution < -0.4 is 0 Å². The Morgan fingerprint density at radius 2 is 1.52 bits per heavy atom. The largest absolute Gasteiger partial charge is 0.342 e. The van der Waals surface area contributed by atoms with Crippen LogP contribution in [0.2, 0.25) is 0 Å². The highest BCUT2D eigenvalue weighted by atomic mass is 19.3. The smallest absolute Gasteiger partial charge is 0.253 e. The third-order valence-corrected chi connectivity index (χ3v) is 5.24. The normalized spacial score (nSPS) is 21.2. The minimum atomic E-state index is -2.64. The van der Waals surface area contributed by atoms with Crippen LogP contribution in [-0.2, 0) is 4.79 Å². The first kappa shape index (κ1) is 17.8. The van der Waals surface area contributed by atoms with Crippen LogP contribution in [0, 0.1) is 12.8 Å². The van der Waals surface area contributed by atoms with Gasteiger partial charge in [-0.2, -0.15) is 0 Å². The van der Waals surface area contributed by atoms with E-state index in [1.807, 2.05) is 31.2 Å². The standard InChI is InChI=1S/C19H24F2N2O2/c1-14-2-4-15(5-3-14)17(24)22-10-6-16(7-11-22)18(25)23-12-8-19(20,21)9-13-23/h2-5,16H,6-13H2,1H3. The van der Waals surface area contributed by atoms with Gasteiger partial charge in [0.1, 0.15) is 0 Å². The zero-order valence-electron chi connectivity index (χ0n) is 14.5. The Hall–Kier alpha value is -1.98. The summed E-state index contributed by atoms with van der Waals surface area (Å²) >= 11 is 0. The highest BCUT2D eigenvalue weighted by molar-refractivity contribution is 5.94. The molecule has 2 amide bonds. The van der Waals surface area contributed by atoms with Crippen molar-refractivity contribution >= 4 is 11.8 Å². The molecular weight excluding hydrogens is 326 g/mol. The van der Waals surface area contributed by atoms with Crippen LogP contribution in [0.25, 0.3) is 0 Å². The topological polar surface area (TPSA) is 40.6 Å². The number of carbonyl (C=O) groups excluding carboxylic acids is 2. The summed E-state index contributed by atoms with van der Waals surface area (Å²) in [6.07, 6.45) is 0.708.